The first kappa shape index (κ1) is 14.0. The van der Waals surface area contributed by atoms with E-state index < -0.39 is 29.0 Å². The van der Waals surface area contributed by atoms with Crippen LogP contribution in [0.1, 0.15) is 23.7 Å². The molecule has 0 unspecified atom stereocenters. The molecule has 0 aromatic heterocycles. The molecule has 2 N–H and O–H groups in total. The van der Waals surface area contributed by atoms with Crippen LogP contribution in [0.25, 0.3) is 0 Å². The number of carboxylic acids is 1. The number of aliphatic carboxylic acids is 1. The van der Waals surface area contributed by atoms with Gasteiger partial charge >= 0.3 is 5.97 Å². The van der Waals surface area contributed by atoms with Gasteiger partial charge in [0.1, 0.15) is 17.1 Å². The standard InChI is InChI=1S/C12H14FNO4/c1-2-14(7-6-10(16)17)12(18)11-8(13)4-3-5-9(11)15/h3-5,15H,2,6-7H2,1H3,(H,16,17). The molecule has 0 bridgehead atoms. The summed E-state index contributed by atoms with van der Waals surface area (Å²) in [5.41, 5.74) is -0.426. The molecular formula is C12H14FNO4. The maximum Gasteiger partial charge on any atom is 0.305 e. The number of carboxylic acid groups (broad SMARTS) is 1. The lowest BCUT2D eigenvalue weighted by Crippen LogP contribution is -2.33. The van der Waals surface area contributed by atoms with Crippen molar-refractivity contribution in [1.82, 2.24) is 4.90 Å². The highest BCUT2D eigenvalue weighted by atomic mass is 19.1. The largest absolute Gasteiger partial charge is 0.507 e. The number of carbonyl (C=O) groups excluding carboxylic acids is 1. The molecule has 0 saturated heterocycles. The van der Waals surface area contributed by atoms with Crippen LogP contribution in [0.2, 0.25) is 0 Å². The minimum atomic E-state index is -1.04. The summed E-state index contributed by atoms with van der Waals surface area (Å²) in [6, 6.07) is 3.56. The Hall–Kier alpha value is -2.11. The normalized spacial score (nSPS) is 10.1. The molecule has 5 nitrogen and oxygen atoms in total. The van der Waals surface area contributed by atoms with Gasteiger partial charge in [-0.25, -0.2) is 4.39 Å². The molecular weight excluding hydrogens is 241 g/mol. The monoisotopic (exact) mass is 255 g/mol. The molecule has 1 aromatic carbocycles. The molecule has 0 aliphatic rings. The van der Waals surface area contributed by atoms with Crippen LogP contribution < -0.4 is 0 Å². The second-order valence-corrected chi connectivity index (χ2v) is 3.66. The number of hydrogen-bond acceptors (Lipinski definition) is 3. The molecule has 6 heteroatoms. The lowest BCUT2D eigenvalue weighted by Gasteiger charge is -2.20. The summed E-state index contributed by atoms with van der Waals surface area (Å²) >= 11 is 0. The minimum absolute atomic E-state index is 0.0293. The molecule has 0 atom stereocenters. The van der Waals surface area contributed by atoms with Gasteiger partial charge in [0.2, 0.25) is 0 Å². The summed E-state index contributed by atoms with van der Waals surface area (Å²) in [4.78, 5) is 23.6. The third kappa shape index (κ3) is 3.19. The van der Waals surface area contributed by atoms with Gasteiger partial charge in [0.25, 0.3) is 5.91 Å². The molecule has 0 aliphatic carbocycles. The maximum absolute atomic E-state index is 13.5. The Bertz CT molecular complexity index is 441. The average Bonchev–Trinajstić information content (AvgIpc) is 2.29. The fraction of sp³-hybridized carbons (Fsp3) is 0.333. The second kappa shape index (κ2) is 6.00. The Balaban J connectivity index is 2.93. The zero-order chi connectivity index (χ0) is 13.7. The van der Waals surface area contributed by atoms with E-state index in [0.29, 0.717) is 0 Å². The van der Waals surface area contributed by atoms with Crippen molar-refractivity contribution in [2.45, 2.75) is 13.3 Å². The van der Waals surface area contributed by atoms with Crippen LogP contribution in [-0.2, 0) is 4.79 Å². The molecule has 0 spiro atoms. The predicted molar refractivity (Wildman–Crippen MR) is 61.9 cm³/mol. The summed E-state index contributed by atoms with van der Waals surface area (Å²) in [6.07, 6.45) is -0.227. The van der Waals surface area contributed by atoms with Crippen molar-refractivity contribution in [3.63, 3.8) is 0 Å². The van der Waals surface area contributed by atoms with Crippen molar-refractivity contribution in [1.29, 1.82) is 0 Å². The van der Waals surface area contributed by atoms with Crippen molar-refractivity contribution in [3.05, 3.63) is 29.6 Å². The van der Waals surface area contributed by atoms with Crippen LogP contribution in [0.3, 0.4) is 0 Å². The van der Waals surface area contributed by atoms with Gasteiger partial charge in [-0.1, -0.05) is 6.07 Å². The third-order valence-electron chi connectivity index (χ3n) is 2.47. The number of rotatable bonds is 5. The number of aromatic hydroxyl groups is 1. The smallest absolute Gasteiger partial charge is 0.305 e. The number of nitrogens with zero attached hydrogens (tertiary/aromatic N) is 1. The quantitative estimate of drug-likeness (QED) is 0.835. The minimum Gasteiger partial charge on any atom is -0.507 e. The topological polar surface area (TPSA) is 77.8 Å². The zero-order valence-electron chi connectivity index (χ0n) is 9.89. The highest BCUT2D eigenvalue weighted by molar-refractivity contribution is 5.97. The maximum atomic E-state index is 13.5. The van der Waals surface area contributed by atoms with E-state index in [-0.39, 0.29) is 19.5 Å². The first-order valence-corrected chi connectivity index (χ1v) is 5.46. The highest BCUT2D eigenvalue weighted by Gasteiger charge is 2.21. The average molecular weight is 255 g/mol. The van der Waals surface area contributed by atoms with Crippen molar-refractivity contribution in [2.75, 3.05) is 13.1 Å². The van der Waals surface area contributed by atoms with Crippen molar-refractivity contribution in [2.24, 2.45) is 0 Å². The van der Waals surface area contributed by atoms with Gasteiger partial charge in [0, 0.05) is 13.1 Å². The van der Waals surface area contributed by atoms with E-state index in [2.05, 4.69) is 0 Å². The van der Waals surface area contributed by atoms with Gasteiger partial charge in [0.15, 0.2) is 0 Å². The highest BCUT2D eigenvalue weighted by Crippen LogP contribution is 2.21. The molecule has 1 aromatic rings. The Morgan fingerprint density at radius 1 is 1.39 bits per heavy atom. The van der Waals surface area contributed by atoms with Crippen molar-refractivity contribution < 1.29 is 24.2 Å². The van der Waals surface area contributed by atoms with Crippen LogP contribution in [0, 0.1) is 5.82 Å². The number of phenolic OH excluding ortho intramolecular Hbond substituents is 1. The van der Waals surface area contributed by atoms with E-state index in [1.54, 1.807) is 6.92 Å². The SMILES string of the molecule is CCN(CCC(=O)O)C(=O)c1c(O)cccc1F. The molecule has 0 radical (unpaired) electrons. The summed E-state index contributed by atoms with van der Waals surface area (Å²) in [5, 5.41) is 18.0. The second-order valence-electron chi connectivity index (χ2n) is 3.66. The van der Waals surface area contributed by atoms with Crippen LogP contribution in [0.15, 0.2) is 18.2 Å². The van der Waals surface area contributed by atoms with Crippen molar-refractivity contribution >= 4 is 11.9 Å². The predicted octanol–water partition coefficient (Wildman–Crippen LogP) is 1.47. The van der Waals surface area contributed by atoms with Gasteiger partial charge in [-0.15, -0.1) is 0 Å². The summed E-state index contributed by atoms with van der Waals surface area (Å²) in [7, 11) is 0. The molecule has 0 fully saturated rings. The number of benzene rings is 1. The molecule has 0 aliphatic heterocycles. The van der Waals surface area contributed by atoms with E-state index in [0.717, 1.165) is 6.07 Å². The van der Waals surface area contributed by atoms with Gasteiger partial charge in [0.05, 0.1) is 6.42 Å². The van der Waals surface area contributed by atoms with Crippen molar-refractivity contribution in [3.8, 4) is 5.75 Å². The van der Waals surface area contributed by atoms with Gasteiger partial charge < -0.3 is 15.1 Å². The summed E-state index contributed by atoms with van der Waals surface area (Å²) in [6.45, 7) is 1.86. The third-order valence-corrected chi connectivity index (χ3v) is 2.47. The first-order valence-electron chi connectivity index (χ1n) is 5.46. The number of halogens is 1. The fourth-order valence-electron chi connectivity index (χ4n) is 1.52. The van der Waals surface area contributed by atoms with E-state index in [4.69, 9.17) is 5.11 Å². The summed E-state index contributed by atoms with van der Waals surface area (Å²) < 4.78 is 13.5. The van der Waals surface area contributed by atoms with Crippen LogP contribution >= 0.6 is 0 Å². The molecule has 1 amide bonds. The lowest BCUT2D eigenvalue weighted by molar-refractivity contribution is -0.137. The Morgan fingerprint density at radius 2 is 2.06 bits per heavy atom. The molecule has 18 heavy (non-hydrogen) atoms. The summed E-state index contributed by atoms with van der Waals surface area (Å²) in [5.74, 6) is -3.03. The van der Waals surface area contributed by atoms with E-state index in [1.165, 1.54) is 17.0 Å². The number of amides is 1. The molecule has 0 saturated carbocycles. The fourth-order valence-corrected chi connectivity index (χ4v) is 1.52. The number of carbonyl (C=O) groups is 2. The Labute approximate surface area is 103 Å². The van der Waals surface area contributed by atoms with Gasteiger partial charge in [-0.3, -0.25) is 9.59 Å². The molecule has 1 rings (SSSR count). The number of phenols is 1. The number of hydrogen-bond donors (Lipinski definition) is 2. The van der Waals surface area contributed by atoms with Crippen LogP contribution in [0.5, 0.6) is 5.75 Å². The molecule has 0 heterocycles. The first-order chi connectivity index (χ1) is 8.47. The van der Waals surface area contributed by atoms with Crippen LogP contribution in [0.4, 0.5) is 4.39 Å². The van der Waals surface area contributed by atoms with E-state index >= 15 is 0 Å². The van der Waals surface area contributed by atoms with Crippen LogP contribution in [-0.4, -0.2) is 40.1 Å². The molecule has 98 valence electrons. The Morgan fingerprint density at radius 3 is 2.56 bits per heavy atom. The Kier molecular flexibility index (Phi) is 4.65. The van der Waals surface area contributed by atoms with Gasteiger partial charge in [-0.2, -0.15) is 0 Å². The van der Waals surface area contributed by atoms with E-state index in [1.807, 2.05) is 0 Å². The lowest BCUT2D eigenvalue weighted by atomic mass is 10.1. The van der Waals surface area contributed by atoms with E-state index in [9.17, 15) is 19.1 Å². The zero-order valence-corrected chi connectivity index (χ0v) is 9.89. The van der Waals surface area contributed by atoms with Gasteiger partial charge in [-0.05, 0) is 19.1 Å².